The van der Waals surface area contributed by atoms with Crippen molar-refractivity contribution in [3.8, 4) is 5.75 Å². The minimum absolute atomic E-state index is 0.125. The first kappa shape index (κ1) is 20.8. The number of amides is 3. The van der Waals surface area contributed by atoms with E-state index in [9.17, 15) is 14.4 Å². The van der Waals surface area contributed by atoms with E-state index in [1.807, 2.05) is 18.2 Å². The molecule has 3 aliphatic rings. The Labute approximate surface area is 177 Å². The van der Waals surface area contributed by atoms with E-state index in [-0.39, 0.29) is 30.2 Å². The average molecular weight is 414 g/mol. The molecule has 0 radical (unpaired) electrons. The van der Waals surface area contributed by atoms with Crippen LogP contribution in [0.2, 0.25) is 0 Å². The molecule has 1 unspecified atom stereocenters. The highest BCUT2D eigenvalue weighted by Crippen LogP contribution is 2.31. The summed E-state index contributed by atoms with van der Waals surface area (Å²) in [7, 11) is 0. The lowest BCUT2D eigenvalue weighted by molar-refractivity contribution is -0.136. The van der Waals surface area contributed by atoms with Crippen molar-refractivity contribution in [2.75, 3.05) is 6.54 Å². The number of rotatable bonds is 6. The first-order chi connectivity index (χ1) is 14.6. The standard InChI is InChI=1S/C23H31N3O4/c1-2-12-24-18-6-4-3-5-7-20(18)30-16-8-9-17-15(13-16)14-26(23(17)29)19-10-11-21(27)25-22(19)28/h8-9,13,18-20,24H,2-7,10-12,14H2,1H3,(H,25,27,28)/t18-,19?,20+/m1/s1. The van der Waals surface area contributed by atoms with Crippen LogP contribution in [-0.2, 0) is 16.1 Å². The minimum Gasteiger partial charge on any atom is -0.489 e. The van der Waals surface area contributed by atoms with Crippen molar-refractivity contribution >= 4 is 17.7 Å². The normalized spacial score (nSPS) is 26.9. The van der Waals surface area contributed by atoms with E-state index >= 15 is 0 Å². The Morgan fingerprint density at radius 2 is 1.97 bits per heavy atom. The van der Waals surface area contributed by atoms with Crippen molar-refractivity contribution in [1.82, 2.24) is 15.5 Å². The molecule has 2 heterocycles. The van der Waals surface area contributed by atoms with Gasteiger partial charge in [-0.3, -0.25) is 19.7 Å². The zero-order valence-electron chi connectivity index (χ0n) is 17.6. The lowest BCUT2D eigenvalue weighted by atomic mass is 10.0. The summed E-state index contributed by atoms with van der Waals surface area (Å²) in [5.74, 6) is -0.0252. The second-order valence-corrected chi connectivity index (χ2v) is 8.57. The summed E-state index contributed by atoms with van der Waals surface area (Å²) in [6.45, 7) is 3.54. The van der Waals surface area contributed by atoms with E-state index in [2.05, 4.69) is 17.6 Å². The van der Waals surface area contributed by atoms with Gasteiger partial charge in [0.2, 0.25) is 11.8 Å². The van der Waals surface area contributed by atoms with Crippen LogP contribution in [0, 0.1) is 0 Å². The third-order valence-electron chi connectivity index (χ3n) is 6.39. The predicted octanol–water partition coefficient (Wildman–Crippen LogP) is 2.53. The van der Waals surface area contributed by atoms with Gasteiger partial charge in [-0.25, -0.2) is 0 Å². The number of hydrogen-bond acceptors (Lipinski definition) is 5. The van der Waals surface area contributed by atoms with Gasteiger partial charge >= 0.3 is 0 Å². The monoisotopic (exact) mass is 413 g/mol. The van der Waals surface area contributed by atoms with Crippen LogP contribution in [0.4, 0.5) is 0 Å². The van der Waals surface area contributed by atoms with E-state index < -0.39 is 6.04 Å². The molecule has 0 spiro atoms. The third-order valence-corrected chi connectivity index (χ3v) is 6.39. The minimum atomic E-state index is -0.587. The van der Waals surface area contributed by atoms with Gasteiger partial charge < -0.3 is 15.0 Å². The van der Waals surface area contributed by atoms with Crippen molar-refractivity contribution in [3.05, 3.63) is 29.3 Å². The zero-order chi connectivity index (χ0) is 21.1. The van der Waals surface area contributed by atoms with Gasteiger partial charge in [-0.2, -0.15) is 0 Å². The fourth-order valence-corrected chi connectivity index (χ4v) is 4.78. The van der Waals surface area contributed by atoms with E-state index in [4.69, 9.17) is 4.74 Å². The number of carbonyl (C=O) groups excluding carboxylic acids is 3. The maximum Gasteiger partial charge on any atom is 0.255 e. The Kier molecular flexibility index (Phi) is 6.37. The molecule has 7 nitrogen and oxygen atoms in total. The van der Waals surface area contributed by atoms with Gasteiger partial charge in [0.25, 0.3) is 5.91 Å². The number of benzene rings is 1. The number of piperidine rings is 1. The molecule has 1 aliphatic carbocycles. The summed E-state index contributed by atoms with van der Waals surface area (Å²) in [5.41, 5.74) is 1.50. The Hall–Kier alpha value is -2.41. The maximum absolute atomic E-state index is 12.9. The number of nitrogens with one attached hydrogen (secondary N) is 2. The Balaban J connectivity index is 1.47. The number of carbonyl (C=O) groups is 3. The van der Waals surface area contributed by atoms with Crippen LogP contribution in [0.1, 0.15) is 74.2 Å². The second kappa shape index (κ2) is 9.16. The van der Waals surface area contributed by atoms with Gasteiger partial charge in [0.05, 0.1) is 0 Å². The fraction of sp³-hybridized carbons (Fsp3) is 0.609. The molecule has 3 amide bonds. The largest absolute Gasteiger partial charge is 0.489 e. The van der Waals surface area contributed by atoms with Gasteiger partial charge in [0.1, 0.15) is 17.9 Å². The molecule has 3 atom stereocenters. The predicted molar refractivity (Wildman–Crippen MR) is 112 cm³/mol. The van der Waals surface area contributed by atoms with E-state index in [1.165, 1.54) is 19.3 Å². The number of ether oxygens (including phenoxy) is 1. The van der Waals surface area contributed by atoms with Gasteiger partial charge in [-0.05, 0) is 62.4 Å². The highest BCUT2D eigenvalue weighted by molar-refractivity contribution is 6.05. The molecule has 1 saturated carbocycles. The molecule has 2 N–H and O–H groups in total. The Morgan fingerprint density at radius 3 is 2.77 bits per heavy atom. The molecular formula is C23H31N3O4. The van der Waals surface area contributed by atoms with Crippen LogP contribution in [0.3, 0.4) is 0 Å². The summed E-state index contributed by atoms with van der Waals surface area (Å²) in [4.78, 5) is 38.1. The van der Waals surface area contributed by atoms with Crippen molar-refractivity contribution in [1.29, 1.82) is 0 Å². The highest BCUT2D eigenvalue weighted by Gasteiger charge is 2.39. The molecule has 1 saturated heterocycles. The number of hydrogen-bond donors (Lipinski definition) is 2. The van der Waals surface area contributed by atoms with Crippen molar-refractivity contribution in [2.45, 2.75) is 83.0 Å². The number of fused-ring (bicyclic) bond motifs is 1. The van der Waals surface area contributed by atoms with Crippen molar-refractivity contribution < 1.29 is 19.1 Å². The van der Waals surface area contributed by atoms with Crippen molar-refractivity contribution in [3.63, 3.8) is 0 Å². The summed E-state index contributed by atoms with van der Waals surface area (Å²) >= 11 is 0. The summed E-state index contributed by atoms with van der Waals surface area (Å²) in [6.07, 6.45) is 7.64. The fourth-order valence-electron chi connectivity index (χ4n) is 4.78. The molecule has 1 aromatic rings. The smallest absolute Gasteiger partial charge is 0.255 e. The van der Waals surface area contributed by atoms with E-state index in [0.717, 1.165) is 37.1 Å². The SMILES string of the molecule is CCCN[C@@H]1CCCCC[C@@H]1Oc1ccc2c(c1)CN(C1CCC(=O)NC1=O)C2=O. The summed E-state index contributed by atoms with van der Waals surface area (Å²) in [6, 6.07) is 5.39. The molecule has 4 rings (SSSR count). The van der Waals surface area contributed by atoms with E-state index in [0.29, 0.717) is 24.6 Å². The molecule has 2 fully saturated rings. The van der Waals surface area contributed by atoms with Crippen LogP contribution in [0.25, 0.3) is 0 Å². The maximum atomic E-state index is 12.9. The van der Waals surface area contributed by atoms with Gasteiger partial charge in [0.15, 0.2) is 0 Å². The van der Waals surface area contributed by atoms with Gasteiger partial charge in [-0.15, -0.1) is 0 Å². The van der Waals surface area contributed by atoms with Crippen LogP contribution in [0.5, 0.6) is 5.75 Å². The highest BCUT2D eigenvalue weighted by atomic mass is 16.5. The van der Waals surface area contributed by atoms with E-state index in [1.54, 1.807) is 4.90 Å². The first-order valence-corrected chi connectivity index (χ1v) is 11.2. The zero-order valence-corrected chi connectivity index (χ0v) is 17.6. The molecule has 2 aliphatic heterocycles. The lowest BCUT2D eigenvalue weighted by Gasteiger charge is -2.29. The number of nitrogens with zero attached hydrogens (tertiary/aromatic N) is 1. The molecule has 7 heteroatoms. The molecule has 1 aromatic carbocycles. The van der Waals surface area contributed by atoms with Gasteiger partial charge in [0, 0.05) is 24.6 Å². The van der Waals surface area contributed by atoms with Crippen molar-refractivity contribution in [2.24, 2.45) is 0 Å². The first-order valence-electron chi connectivity index (χ1n) is 11.2. The molecule has 0 bridgehead atoms. The van der Waals surface area contributed by atoms with Crippen LogP contribution in [-0.4, -0.2) is 47.4 Å². The Morgan fingerprint density at radius 1 is 1.13 bits per heavy atom. The number of imide groups is 1. The quantitative estimate of drug-likeness (QED) is 0.553. The average Bonchev–Trinajstić information content (AvgIpc) is 2.89. The second-order valence-electron chi connectivity index (χ2n) is 8.57. The molecule has 30 heavy (non-hydrogen) atoms. The van der Waals surface area contributed by atoms with Crippen LogP contribution >= 0.6 is 0 Å². The van der Waals surface area contributed by atoms with Crippen LogP contribution in [0.15, 0.2) is 18.2 Å². The summed E-state index contributed by atoms with van der Waals surface area (Å²) in [5, 5.41) is 5.98. The molecule has 0 aromatic heterocycles. The topological polar surface area (TPSA) is 87.7 Å². The molecule has 162 valence electrons. The summed E-state index contributed by atoms with van der Waals surface area (Å²) < 4.78 is 6.41. The Bertz CT molecular complexity index is 825. The third kappa shape index (κ3) is 4.36. The molecular weight excluding hydrogens is 382 g/mol. The lowest BCUT2D eigenvalue weighted by Crippen LogP contribution is -2.52. The van der Waals surface area contributed by atoms with Gasteiger partial charge in [-0.1, -0.05) is 19.8 Å². The van der Waals surface area contributed by atoms with Crippen LogP contribution < -0.4 is 15.4 Å².